The van der Waals surface area contributed by atoms with Crippen molar-refractivity contribution in [2.45, 2.75) is 51.1 Å². The molecule has 1 atom stereocenters. The molecule has 1 aliphatic carbocycles. The van der Waals surface area contributed by atoms with Crippen molar-refractivity contribution in [2.75, 3.05) is 26.2 Å². The minimum atomic E-state index is -0.859. The number of amides is 2. The number of carbonyl (C=O) groups excluding carboxylic acids is 1. The number of nitrogens with one attached hydrogen (secondary N) is 1. The van der Waals surface area contributed by atoms with E-state index in [9.17, 15) is 9.59 Å². The standard InChI is InChI=1S/C14H25N3O3/c1-2-3-11(10-13(18)19)15-14(20)17-8-6-16(7-9-17)12-4-5-12/h11-12H,2-10H2,1H3,(H,15,20)(H,18,19). The molecule has 2 N–H and O–H groups in total. The molecular weight excluding hydrogens is 258 g/mol. The second-order valence-corrected chi connectivity index (χ2v) is 5.79. The Balaban J connectivity index is 1.76. The van der Waals surface area contributed by atoms with Crippen molar-refractivity contribution in [1.29, 1.82) is 0 Å². The van der Waals surface area contributed by atoms with Crippen molar-refractivity contribution in [2.24, 2.45) is 0 Å². The Morgan fingerprint density at radius 2 is 1.90 bits per heavy atom. The van der Waals surface area contributed by atoms with Gasteiger partial charge in [0.05, 0.1) is 6.42 Å². The minimum absolute atomic E-state index is 0.00161. The molecule has 1 unspecified atom stereocenters. The second-order valence-electron chi connectivity index (χ2n) is 5.79. The Morgan fingerprint density at radius 1 is 1.25 bits per heavy atom. The van der Waals surface area contributed by atoms with Gasteiger partial charge in [-0.15, -0.1) is 0 Å². The molecule has 1 aliphatic heterocycles. The highest BCUT2D eigenvalue weighted by Crippen LogP contribution is 2.27. The number of hydrogen-bond donors (Lipinski definition) is 2. The van der Waals surface area contributed by atoms with E-state index in [2.05, 4.69) is 10.2 Å². The Hall–Kier alpha value is -1.30. The molecule has 1 saturated carbocycles. The third kappa shape index (κ3) is 4.37. The molecule has 2 aliphatic rings. The van der Waals surface area contributed by atoms with Gasteiger partial charge in [-0.25, -0.2) is 4.79 Å². The summed E-state index contributed by atoms with van der Waals surface area (Å²) in [5.41, 5.74) is 0. The zero-order chi connectivity index (χ0) is 14.5. The fraction of sp³-hybridized carbons (Fsp3) is 0.857. The summed E-state index contributed by atoms with van der Waals surface area (Å²) in [6, 6.07) is 0.381. The number of urea groups is 1. The molecule has 6 heteroatoms. The lowest BCUT2D eigenvalue weighted by Gasteiger charge is -2.35. The van der Waals surface area contributed by atoms with E-state index in [0.29, 0.717) is 6.42 Å². The van der Waals surface area contributed by atoms with Crippen molar-refractivity contribution in [3.05, 3.63) is 0 Å². The van der Waals surface area contributed by atoms with Crippen LogP contribution in [-0.4, -0.2) is 65.2 Å². The Morgan fingerprint density at radius 3 is 2.40 bits per heavy atom. The fourth-order valence-corrected chi connectivity index (χ4v) is 2.78. The van der Waals surface area contributed by atoms with Gasteiger partial charge >= 0.3 is 12.0 Å². The van der Waals surface area contributed by atoms with Crippen LogP contribution in [0.4, 0.5) is 4.79 Å². The molecule has 0 aromatic heterocycles. The van der Waals surface area contributed by atoms with Crippen molar-refractivity contribution < 1.29 is 14.7 Å². The molecule has 0 aromatic carbocycles. The molecule has 114 valence electrons. The molecule has 0 aromatic rings. The highest BCUT2D eigenvalue weighted by molar-refractivity contribution is 5.76. The van der Waals surface area contributed by atoms with Crippen LogP contribution in [0.25, 0.3) is 0 Å². The van der Waals surface area contributed by atoms with Gasteiger partial charge in [0.25, 0.3) is 0 Å². The average Bonchev–Trinajstić information content (AvgIpc) is 3.22. The van der Waals surface area contributed by atoms with Crippen LogP contribution < -0.4 is 5.32 Å². The predicted molar refractivity (Wildman–Crippen MR) is 75.6 cm³/mol. The van der Waals surface area contributed by atoms with E-state index < -0.39 is 5.97 Å². The quantitative estimate of drug-likeness (QED) is 0.766. The predicted octanol–water partition coefficient (Wildman–Crippen LogP) is 1.12. The van der Waals surface area contributed by atoms with Crippen LogP contribution in [0.15, 0.2) is 0 Å². The molecular formula is C14H25N3O3. The van der Waals surface area contributed by atoms with Gasteiger partial charge in [-0.1, -0.05) is 13.3 Å². The number of aliphatic carboxylic acids is 1. The molecule has 6 nitrogen and oxygen atoms in total. The number of rotatable bonds is 6. The summed E-state index contributed by atoms with van der Waals surface area (Å²) in [5, 5.41) is 11.7. The van der Waals surface area contributed by atoms with Crippen LogP contribution in [0.2, 0.25) is 0 Å². The normalized spacial score (nSPS) is 21.6. The highest BCUT2D eigenvalue weighted by Gasteiger charge is 2.32. The molecule has 0 radical (unpaired) electrons. The SMILES string of the molecule is CCCC(CC(=O)O)NC(=O)N1CCN(C2CC2)CC1. The summed E-state index contributed by atoms with van der Waals surface area (Å²) in [5.74, 6) is -0.859. The van der Waals surface area contributed by atoms with Gasteiger partial charge in [0.1, 0.15) is 0 Å². The largest absolute Gasteiger partial charge is 0.481 e. The van der Waals surface area contributed by atoms with Crippen LogP contribution in [0, 0.1) is 0 Å². The van der Waals surface area contributed by atoms with Gasteiger partial charge in [0, 0.05) is 38.3 Å². The Bertz CT molecular complexity index is 350. The lowest BCUT2D eigenvalue weighted by atomic mass is 10.1. The van der Waals surface area contributed by atoms with Crippen molar-refractivity contribution in [3.8, 4) is 0 Å². The molecule has 2 rings (SSSR count). The number of carboxylic acid groups (broad SMARTS) is 1. The maximum absolute atomic E-state index is 12.2. The van der Waals surface area contributed by atoms with Crippen molar-refractivity contribution in [1.82, 2.24) is 15.1 Å². The van der Waals surface area contributed by atoms with Gasteiger partial charge in [0.15, 0.2) is 0 Å². The Labute approximate surface area is 120 Å². The molecule has 2 fully saturated rings. The Kier molecular flexibility index (Phi) is 5.23. The summed E-state index contributed by atoms with van der Waals surface area (Å²) in [7, 11) is 0. The third-order valence-corrected chi connectivity index (χ3v) is 4.05. The third-order valence-electron chi connectivity index (χ3n) is 4.05. The summed E-state index contributed by atoms with van der Waals surface area (Å²) < 4.78 is 0. The fourth-order valence-electron chi connectivity index (χ4n) is 2.78. The first-order valence-corrected chi connectivity index (χ1v) is 7.61. The number of nitrogens with zero attached hydrogens (tertiary/aromatic N) is 2. The van der Waals surface area contributed by atoms with Crippen molar-refractivity contribution in [3.63, 3.8) is 0 Å². The van der Waals surface area contributed by atoms with Gasteiger partial charge in [-0.05, 0) is 19.3 Å². The highest BCUT2D eigenvalue weighted by atomic mass is 16.4. The summed E-state index contributed by atoms with van der Waals surface area (Å²) in [4.78, 5) is 27.2. The zero-order valence-electron chi connectivity index (χ0n) is 12.2. The summed E-state index contributed by atoms with van der Waals surface area (Å²) in [6.07, 6.45) is 4.17. The van der Waals surface area contributed by atoms with E-state index in [1.54, 1.807) is 0 Å². The van der Waals surface area contributed by atoms with Crippen LogP contribution in [-0.2, 0) is 4.79 Å². The molecule has 0 bridgehead atoms. The van der Waals surface area contributed by atoms with Gasteiger partial charge < -0.3 is 15.3 Å². The van der Waals surface area contributed by atoms with Gasteiger partial charge in [0.2, 0.25) is 0 Å². The van der Waals surface area contributed by atoms with Crippen LogP contribution in [0.3, 0.4) is 0 Å². The topological polar surface area (TPSA) is 72.9 Å². The van der Waals surface area contributed by atoms with E-state index in [-0.39, 0.29) is 18.5 Å². The van der Waals surface area contributed by atoms with Crippen LogP contribution >= 0.6 is 0 Å². The van der Waals surface area contributed by atoms with E-state index in [0.717, 1.165) is 38.6 Å². The lowest BCUT2D eigenvalue weighted by molar-refractivity contribution is -0.137. The molecule has 1 saturated heterocycles. The number of carbonyl (C=O) groups is 2. The smallest absolute Gasteiger partial charge is 0.317 e. The van der Waals surface area contributed by atoms with E-state index >= 15 is 0 Å². The molecule has 20 heavy (non-hydrogen) atoms. The van der Waals surface area contributed by atoms with Gasteiger partial charge in [-0.3, -0.25) is 9.69 Å². The maximum Gasteiger partial charge on any atom is 0.317 e. The second kappa shape index (κ2) is 6.92. The summed E-state index contributed by atoms with van der Waals surface area (Å²) >= 11 is 0. The first-order valence-electron chi connectivity index (χ1n) is 7.61. The van der Waals surface area contributed by atoms with E-state index in [1.807, 2.05) is 11.8 Å². The minimum Gasteiger partial charge on any atom is -0.481 e. The first-order chi connectivity index (χ1) is 9.60. The number of piperazine rings is 1. The van der Waals surface area contributed by atoms with Gasteiger partial charge in [-0.2, -0.15) is 0 Å². The molecule has 0 spiro atoms. The first kappa shape index (κ1) is 15.1. The van der Waals surface area contributed by atoms with Crippen LogP contribution in [0.5, 0.6) is 0 Å². The van der Waals surface area contributed by atoms with E-state index in [1.165, 1.54) is 12.8 Å². The molecule has 1 heterocycles. The van der Waals surface area contributed by atoms with Crippen molar-refractivity contribution >= 4 is 12.0 Å². The average molecular weight is 283 g/mol. The van der Waals surface area contributed by atoms with E-state index in [4.69, 9.17) is 5.11 Å². The zero-order valence-corrected chi connectivity index (χ0v) is 12.2. The maximum atomic E-state index is 12.2. The molecule has 2 amide bonds. The van der Waals surface area contributed by atoms with Crippen LogP contribution in [0.1, 0.15) is 39.0 Å². The summed E-state index contributed by atoms with van der Waals surface area (Å²) in [6.45, 7) is 5.36. The monoisotopic (exact) mass is 283 g/mol. The number of hydrogen-bond acceptors (Lipinski definition) is 3. The lowest BCUT2D eigenvalue weighted by Crippen LogP contribution is -2.54. The number of carboxylic acids is 1.